The van der Waals surface area contributed by atoms with Crippen LogP contribution in [0.15, 0.2) is 66.4 Å². The molecule has 3 aromatic carbocycles. The lowest BCUT2D eigenvalue weighted by Crippen LogP contribution is -2.33. The van der Waals surface area contributed by atoms with E-state index in [4.69, 9.17) is 16.3 Å². The molecular weight excluding hydrogens is 438 g/mol. The normalized spacial score (nSPS) is 13.7. The van der Waals surface area contributed by atoms with E-state index in [1.165, 1.54) is 7.11 Å². The monoisotopic (exact) mass is 454 g/mol. The van der Waals surface area contributed by atoms with Gasteiger partial charge in [0.15, 0.2) is 0 Å². The number of imide groups is 1. The summed E-state index contributed by atoms with van der Waals surface area (Å²) in [5.41, 5.74) is 1.41. The van der Waals surface area contributed by atoms with Gasteiger partial charge >= 0.3 is 0 Å². The van der Waals surface area contributed by atoms with Crippen molar-refractivity contribution in [2.75, 3.05) is 17.3 Å². The molecule has 0 fully saturated rings. The van der Waals surface area contributed by atoms with Crippen LogP contribution < -0.4 is 15.0 Å². The van der Waals surface area contributed by atoms with E-state index in [2.05, 4.69) is 5.32 Å². The Bertz CT molecular complexity index is 1270. The predicted octanol–water partition coefficient (Wildman–Crippen LogP) is 5.33. The van der Waals surface area contributed by atoms with Crippen LogP contribution in [0, 0.1) is 18.6 Å². The third kappa shape index (κ3) is 3.83. The second-order valence-electron chi connectivity index (χ2n) is 7.10. The van der Waals surface area contributed by atoms with Crippen molar-refractivity contribution in [3.8, 4) is 5.75 Å². The topological polar surface area (TPSA) is 58.6 Å². The summed E-state index contributed by atoms with van der Waals surface area (Å²) in [4.78, 5) is 27.4. The van der Waals surface area contributed by atoms with Crippen LogP contribution in [-0.4, -0.2) is 18.9 Å². The van der Waals surface area contributed by atoms with Crippen molar-refractivity contribution in [2.24, 2.45) is 0 Å². The number of carbonyl (C=O) groups excluding carboxylic acids is 2. The summed E-state index contributed by atoms with van der Waals surface area (Å²) in [5, 5.41) is 3.52. The number of hydrogen-bond donors (Lipinski definition) is 1. The van der Waals surface area contributed by atoms with Crippen LogP contribution in [0.3, 0.4) is 0 Å². The molecule has 5 nitrogen and oxygen atoms in total. The molecule has 2 amide bonds. The fourth-order valence-corrected chi connectivity index (χ4v) is 3.68. The highest BCUT2D eigenvalue weighted by molar-refractivity contribution is 6.46. The van der Waals surface area contributed by atoms with E-state index < -0.39 is 23.4 Å². The number of rotatable bonds is 5. The largest absolute Gasteiger partial charge is 0.497 e. The van der Waals surface area contributed by atoms with Gasteiger partial charge in [-0.3, -0.25) is 9.59 Å². The summed E-state index contributed by atoms with van der Waals surface area (Å²) < 4.78 is 33.0. The lowest BCUT2D eigenvalue weighted by Gasteiger charge is -2.16. The number of anilines is 2. The molecule has 0 unspecified atom stereocenters. The number of benzene rings is 3. The van der Waals surface area contributed by atoms with Crippen molar-refractivity contribution in [3.63, 3.8) is 0 Å². The number of carbonyl (C=O) groups is 2. The minimum absolute atomic E-state index is 0.0330. The SMILES string of the molecule is COc1ccc(C2=C(Nc3ccc(Cl)cc3C)C(=O)N(c3ccc(F)cc3F)C2=O)cc1. The van der Waals surface area contributed by atoms with Gasteiger partial charge in [-0.05, 0) is 60.5 Å². The van der Waals surface area contributed by atoms with Crippen LogP contribution in [0.2, 0.25) is 5.02 Å². The summed E-state index contributed by atoms with van der Waals surface area (Å²) >= 11 is 6.02. The maximum atomic E-state index is 14.5. The van der Waals surface area contributed by atoms with Crippen molar-refractivity contribution in [3.05, 3.63) is 94.1 Å². The Morgan fingerprint density at radius 1 is 0.938 bits per heavy atom. The molecule has 1 N–H and O–H groups in total. The Kier molecular flexibility index (Phi) is 5.67. The smallest absolute Gasteiger partial charge is 0.282 e. The van der Waals surface area contributed by atoms with E-state index in [1.807, 2.05) is 0 Å². The molecule has 1 heterocycles. The van der Waals surface area contributed by atoms with Gasteiger partial charge in [0.2, 0.25) is 0 Å². The quantitative estimate of drug-likeness (QED) is 0.529. The van der Waals surface area contributed by atoms with E-state index in [0.29, 0.717) is 33.0 Å². The van der Waals surface area contributed by atoms with Gasteiger partial charge in [0.25, 0.3) is 11.8 Å². The molecule has 0 atom stereocenters. The number of ether oxygens (including phenoxy) is 1. The van der Waals surface area contributed by atoms with Crippen LogP contribution in [0.25, 0.3) is 5.57 Å². The zero-order valence-corrected chi connectivity index (χ0v) is 17.8. The molecule has 1 aliphatic heterocycles. The number of amides is 2. The number of aryl methyl sites for hydroxylation is 1. The van der Waals surface area contributed by atoms with Crippen molar-refractivity contribution in [1.82, 2.24) is 0 Å². The van der Waals surface area contributed by atoms with Gasteiger partial charge in [0, 0.05) is 16.8 Å². The third-order valence-corrected chi connectivity index (χ3v) is 5.30. The molecule has 162 valence electrons. The molecule has 4 rings (SSSR count). The first-order valence-corrected chi connectivity index (χ1v) is 9.93. The molecule has 0 saturated heterocycles. The van der Waals surface area contributed by atoms with Crippen LogP contribution in [0.1, 0.15) is 11.1 Å². The van der Waals surface area contributed by atoms with Gasteiger partial charge in [-0.25, -0.2) is 13.7 Å². The first-order valence-electron chi connectivity index (χ1n) is 9.56. The maximum Gasteiger partial charge on any atom is 0.282 e. The zero-order valence-electron chi connectivity index (χ0n) is 17.1. The van der Waals surface area contributed by atoms with E-state index in [0.717, 1.165) is 17.7 Å². The number of halogens is 3. The molecule has 0 radical (unpaired) electrons. The second-order valence-corrected chi connectivity index (χ2v) is 7.54. The average Bonchev–Trinajstić information content (AvgIpc) is 3.00. The summed E-state index contributed by atoms with van der Waals surface area (Å²) in [6.45, 7) is 1.79. The third-order valence-electron chi connectivity index (χ3n) is 5.06. The average molecular weight is 455 g/mol. The van der Waals surface area contributed by atoms with Gasteiger partial charge < -0.3 is 10.1 Å². The van der Waals surface area contributed by atoms with Crippen LogP contribution in [0.4, 0.5) is 20.2 Å². The minimum Gasteiger partial charge on any atom is -0.497 e. The highest BCUT2D eigenvalue weighted by Gasteiger charge is 2.41. The number of nitrogens with zero attached hydrogens (tertiary/aromatic N) is 1. The summed E-state index contributed by atoms with van der Waals surface area (Å²) in [5.74, 6) is -2.77. The summed E-state index contributed by atoms with van der Waals surface area (Å²) in [6, 6.07) is 14.2. The Morgan fingerprint density at radius 3 is 2.28 bits per heavy atom. The lowest BCUT2D eigenvalue weighted by atomic mass is 10.0. The first-order chi connectivity index (χ1) is 15.3. The van der Waals surface area contributed by atoms with Crippen LogP contribution >= 0.6 is 11.6 Å². The highest BCUT2D eigenvalue weighted by atomic mass is 35.5. The molecule has 8 heteroatoms. The van der Waals surface area contributed by atoms with Gasteiger partial charge in [0.1, 0.15) is 23.1 Å². The Balaban J connectivity index is 1.85. The predicted molar refractivity (Wildman–Crippen MR) is 119 cm³/mol. The molecular formula is C24H17ClF2N2O3. The molecule has 32 heavy (non-hydrogen) atoms. The summed E-state index contributed by atoms with van der Waals surface area (Å²) in [6.07, 6.45) is 0. The second kappa shape index (κ2) is 8.43. The van der Waals surface area contributed by atoms with Crippen LogP contribution in [0.5, 0.6) is 5.75 Å². The Labute approximate surface area is 187 Å². The highest BCUT2D eigenvalue weighted by Crippen LogP contribution is 2.36. The van der Waals surface area contributed by atoms with E-state index in [9.17, 15) is 18.4 Å². The molecule has 0 bridgehead atoms. The number of nitrogens with one attached hydrogen (secondary N) is 1. The van der Waals surface area contributed by atoms with E-state index in [-0.39, 0.29) is 17.0 Å². The Morgan fingerprint density at radius 2 is 1.66 bits per heavy atom. The van der Waals surface area contributed by atoms with Crippen molar-refractivity contribution in [2.45, 2.75) is 6.92 Å². The maximum absolute atomic E-state index is 14.5. The molecule has 0 aliphatic carbocycles. The van der Waals surface area contributed by atoms with E-state index >= 15 is 0 Å². The lowest BCUT2D eigenvalue weighted by molar-refractivity contribution is -0.120. The van der Waals surface area contributed by atoms with E-state index in [1.54, 1.807) is 49.4 Å². The van der Waals surface area contributed by atoms with Crippen molar-refractivity contribution in [1.29, 1.82) is 0 Å². The fraction of sp³-hybridized carbons (Fsp3) is 0.0833. The van der Waals surface area contributed by atoms with Gasteiger partial charge in [-0.1, -0.05) is 23.7 Å². The molecule has 1 aliphatic rings. The number of hydrogen-bond acceptors (Lipinski definition) is 4. The minimum atomic E-state index is -1.02. The fourth-order valence-electron chi connectivity index (χ4n) is 3.45. The van der Waals surface area contributed by atoms with Gasteiger partial charge in [-0.15, -0.1) is 0 Å². The Hall–Kier alpha value is -3.71. The number of methoxy groups -OCH3 is 1. The zero-order chi connectivity index (χ0) is 23.0. The van der Waals surface area contributed by atoms with Gasteiger partial charge in [-0.2, -0.15) is 0 Å². The standard InChI is InChI=1S/C24H17ClF2N2O3/c1-13-11-15(25)5-9-19(13)28-22-21(14-3-7-17(32-2)8-4-14)23(30)29(24(22)31)20-10-6-16(26)12-18(20)27/h3-12,28H,1-2H3. The van der Waals surface area contributed by atoms with Crippen LogP contribution in [-0.2, 0) is 9.59 Å². The molecule has 0 aromatic heterocycles. The molecule has 0 saturated carbocycles. The van der Waals surface area contributed by atoms with Crippen molar-refractivity contribution >= 4 is 40.4 Å². The summed E-state index contributed by atoms with van der Waals surface area (Å²) in [7, 11) is 1.51. The molecule has 0 spiro atoms. The van der Waals surface area contributed by atoms with Crippen molar-refractivity contribution < 1.29 is 23.1 Å². The van der Waals surface area contributed by atoms with Gasteiger partial charge in [0.05, 0.1) is 18.4 Å². The first kappa shape index (κ1) is 21.5. The molecule has 3 aromatic rings.